The Balaban J connectivity index is 0.620. The summed E-state index contributed by atoms with van der Waals surface area (Å²) in [5.41, 5.74) is 7.20. The minimum Gasteiger partial charge on any atom is -0.378 e. The van der Waals surface area contributed by atoms with E-state index in [1.807, 2.05) is 64.3 Å². The van der Waals surface area contributed by atoms with Crippen LogP contribution in [0.4, 0.5) is 9.59 Å². The van der Waals surface area contributed by atoms with Crippen LogP contribution in [0.3, 0.4) is 0 Å². The van der Waals surface area contributed by atoms with Gasteiger partial charge in [0.15, 0.2) is 0 Å². The Morgan fingerprint density at radius 2 is 0.950 bits per heavy atom. The number of nitrogens with one attached hydrogen (secondary N) is 6. The molecule has 24 heteroatoms. The lowest BCUT2D eigenvalue weighted by Gasteiger charge is -2.33. The summed E-state index contributed by atoms with van der Waals surface area (Å²) in [5.74, 6) is -0.163. The molecule has 4 aromatic rings. The van der Waals surface area contributed by atoms with Gasteiger partial charge in [-0.15, -0.1) is 0 Å². The molecule has 4 amide bonds. The summed E-state index contributed by atoms with van der Waals surface area (Å²) in [6.07, 6.45) is 2.72. The Morgan fingerprint density at radius 3 is 1.36 bits per heavy atom. The second-order valence-corrected chi connectivity index (χ2v) is 26.6. The molecule has 6 N–H and O–H groups in total. The highest BCUT2D eigenvalue weighted by Crippen LogP contribution is 2.41. The fourth-order valence-corrected chi connectivity index (χ4v) is 15.4. The molecule has 18 nitrogen and oxygen atoms in total. The number of rotatable bonds is 25. The summed E-state index contributed by atoms with van der Waals surface area (Å²) >= 11 is 26.0. The first kappa shape index (κ1) is 62.2. The number of urea groups is 2. The van der Waals surface area contributed by atoms with Crippen LogP contribution in [0.15, 0.2) is 70.5 Å². The number of hydrogen-bond donors (Lipinski definition) is 6. The van der Waals surface area contributed by atoms with Crippen molar-refractivity contribution in [2.75, 3.05) is 119 Å². The smallest absolute Gasteiger partial charge is 0.314 e. The van der Waals surface area contributed by atoms with Crippen molar-refractivity contribution in [1.82, 2.24) is 50.3 Å². The van der Waals surface area contributed by atoms with E-state index in [0.717, 1.165) is 46.5 Å². The third-order valence-electron chi connectivity index (χ3n) is 15.3. The molecule has 0 spiro atoms. The van der Waals surface area contributed by atoms with E-state index in [-0.39, 0.29) is 45.8 Å². The number of halogens is 4. The average Bonchev–Trinajstić information content (AvgIpc) is 4.15. The zero-order chi connectivity index (χ0) is 57.1. The van der Waals surface area contributed by atoms with Crippen molar-refractivity contribution in [1.29, 1.82) is 0 Å². The number of carbonyl (C=O) groups excluding carboxylic acids is 2. The zero-order valence-corrected chi connectivity index (χ0v) is 50.7. The van der Waals surface area contributed by atoms with E-state index in [1.54, 1.807) is 24.3 Å². The van der Waals surface area contributed by atoms with Crippen molar-refractivity contribution in [2.24, 2.45) is 0 Å². The van der Waals surface area contributed by atoms with Gasteiger partial charge in [-0.2, -0.15) is 0 Å². The van der Waals surface area contributed by atoms with E-state index in [1.165, 1.54) is 0 Å². The van der Waals surface area contributed by atoms with Crippen molar-refractivity contribution >= 4 is 78.5 Å². The van der Waals surface area contributed by atoms with Gasteiger partial charge in [-0.3, -0.25) is 9.80 Å². The van der Waals surface area contributed by atoms with Gasteiger partial charge in [-0.25, -0.2) is 35.9 Å². The number of benzene rings is 4. The first-order valence-corrected chi connectivity index (χ1v) is 31.9. The van der Waals surface area contributed by atoms with Crippen molar-refractivity contribution < 1.29 is 35.9 Å². The molecule has 0 saturated carbocycles. The molecule has 0 bridgehead atoms. The van der Waals surface area contributed by atoms with E-state index in [9.17, 15) is 26.4 Å². The van der Waals surface area contributed by atoms with Crippen LogP contribution < -0.4 is 30.7 Å². The average molecular weight is 1220 g/mol. The molecule has 4 aliphatic heterocycles. The van der Waals surface area contributed by atoms with E-state index in [0.29, 0.717) is 162 Å². The molecule has 80 heavy (non-hydrogen) atoms. The van der Waals surface area contributed by atoms with Crippen LogP contribution in [0.2, 0.25) is 20.1 Å². The normalized spacial score (nSPS) is 20.1. The topological polar surface area (TPSA) is 206 Å². The zero-order valence-electron chi connectivity index (χ0n) is 46.0. The monoisotopic (exact) mass is 1220 g/mol. The van der Waals surface area contributed by atoms with Crippen molar-refractivity contribution in [3.63, 3.8) is 0 Å². The molecule has 438 valence electrons. The Labute approximate surface area is 492 Å². The maximum atomic E-state index is 13.8. The SMILES string of the molecule is Cc1ccc(C2CN(C)Cc3c(Cl)cc(Cl)cc32)cc1S(=O)(=O)N[C@@H]1CCN(CCOCCNC(=O)NCCCCNC(=O)NCCOCCN2CC[C@@H](NS(=O)(=O)c3cc(C4CN(C)Cc5c(Cl)cc(Cl)cc54)ccc3C)C2)C1. The lowest BCUT2D eigenvalue weighted by molar-refractivity contribution is 0.113. The predicted molar refractivity (Wildman–Crippen MR) is 316 cm³/mol. The number of ether oxygens (including phenoxy) is 2. The number of amides is 4. The molecule has 2 saturated heterocycles. The number of fused-ring (bicyclic) bond motifs is 2. The van der Waals surface area contributed by atoms with Gasteiger partial charge in [0, 0.05) is 123 Å². The summed E-state index contributed by atoms with van der Waals surface area (Å²) in [4.78, 5) is 33.8. The number of likely N-dealkylation sites (N-methyl/N-ethyl adjacent to an activating group) is 2. The van der Waals surface area contributed by atoms with Gasteiger partial charge in [-0.05, 0) is 148 Å². The number of sulfonamides is 2. The summed E-state index contributed by atoms with van der Waals surface area (Å²) in [6, 6.07) is 17.6. The number of likely N-dealkylation sites (tertiary alicyclic amines) is 2. The van der Waals surface area contributed by atoms with Crippen LogP contribution in [0, 0.1) is 13.8 Å². The highest BCUT2D eigenvalue weighted by atomic mass is 35.5. The van der Waals surface area contributed by atoms with E-state index >= 15 is 0 Å². The largest absolute Gasteiger partial charge is 0.378 e. The van der Waals surface area contributed by atoms with Gasteiger partial charge in [0.1, 0.15) is 0 Å². The Morgan fingerprint density at radius 1 is 0.550 bits per heavy atom. The van der Waals surface area contributed by atoms with Crippen LogP contribution in [0.1, 0.15) is 82.0 Å². The van der Waals surface area contributed by atoms with Crippen LogP contribution >= 0.6 is 46.4 Å². The maximum Gasteiger partial charge on any atom is 0.314 e. The third-order valence-corrected chi connectivity index (χ3v) is 19.8. The summed E-state index contributed by atoms with van der Waals surface area (Å²) in [7, 11) is -3.56. The number of hydrogen-bond acceptors (Lipinski definition) is 12. The molecule has 0 aliphatic carbocycles. The Hall–Kier alpha value is -3.84. The number of carbonyl (C=O) groups is 2. The van der Waals surface area contributed by atoms with Gasteiger partial charge < -0.3 is 40.5 Å². The molecule has 0 aromatic heterocycles. The van der Waals surface area contributed by atoms with Gasteiger partial charge in [0.05, 0.1) is 36.2 Å². The lowest BCUT2D eigenvalue weighted by Crippen LogP contribution is -2.39. The lowest BCUT2D eigenvalue weighted by atomic mass is 9.84. The second kappa shape index (κ2) is 28.6. The van der Waals surface area contributed by atoms with Gasteiger partial charge in [0.25, 0.3) is 0 Å². The molecule has 8 rings (SSSR count). The molecular formula is C56H76Cl4N10O8S2. The fourth-order valence-electron chi connectivity index (χ4n) is 11.2. The van der Waals surface area contributed by atoms with E-state index in [2.05, 4.69) is 50.3 Å². The summed E-state index contributed by atoms with van der Waals surface area (Å²) in [5, 5.41) is 13.6. The van der Waals surface area contributed by atoms with Crippen LogP contribution in [-0.2, 0) is 42.6 Å². The predicted octanol–water partition coefficient (Wildman–Crippen LogP) is 6.89. The molecule has 4 aromatic carbocycles. The molecule has 0 radical (unpaired) electrons. The fraction of sp³-hybridized carbons (Fsp3) is 0.536. The third kappa shape index (κ3) is 16.9. The minimum absolute atomic E-state index is 0.0817. The standard InChI is InChI=1S/C56H76Cl4N10O8S2/c1-37-7-9-39(47-33-67(3)35-49-45(47)27-41(57)29-51(49)59)25-53(37)79(73,74)65-43-11-17-69(31-43)19-23-77-21-15-63-55(71)61-13-5-6-14-62-56(72)64-16-22-78-24-20-70-18-12-44(32-70)66-80(75,76)54-26-40(10-8-38(54)2)48-34-68(4)36-50-46(48)28-42(58)30-52(50)60/h7-10,25-30,43-44,47-48,65-66H,5-6,11-24,31-36H2,1-4H3,(H2,61,63,71)(H2,62,64,72)/t43-,44-,47?,48?/m1/s1. The highest BCUT2D eigenvalue weighted by Gasteiger charge is 2.34. The van der Waals surface area contributed by atoms with Gasteiger partial charge in [0.2, 0.25) is 20.0 Å². The maximum absolute atomic E-state index is 13.8. The van der Waals surface area contributed by atoms with E-state index < -0.39 is 20.0 Å². The highest BCUT2D eigenvalue weighted by molar-refractivity contribution is 7.89. The molecule has 4 atom stereocenters. The van der Waals surface area contributed by atoms with Crippen LogP contribution in [0.25, 0.3) is 0 Å². The Kier molecular flexibility index (Phi) is 22.3. The number of aryl methyl sites for hydroxylation is 2. The van der Waals surface area contributed by atoms with E-state index in [4.69, 9.17) is 55.9 Å². The summed E-state index contributed by atoms with van der Waals surface area (Å²) in [6.45, 7) is 13.4. The van der Waals surface area contributed by atoms with Gasteiger partial charge >= 0.3 is 12.1 Å². The molecule has 2 unspecified atom stereocenters. The quantitative estimate of drug-likeness (QED) is 0.0376. The Bertz CT molecular complexity index is 2850. The van der Waals surface area contributed by atoms with Crippen molar-refractivity contribution in [3.8, 4) is 0 Å². The van der Waals surface area contributed by atoms with Gasteiger partial charge in [-0.1, -0.05) is 70.7 Å². The number of nitrogens with zero attached hydrogens (tertiary/aromatic N) is 4. The number of unbranched alkanes of at least 4 members (excludes halogenated alkanes) is 1. The van der Waals surface area contributed by atoms with Crippen molar-refractivity contribution in [2.45, 2.75) is 86.3 Å². The second-order valence-electron chi connectivity index (χ2n) is 21.6. The first-order valence-electron chi connectivity index (χ1n) is 27.4. The molecule has 4 aliphatic rings. The molecule has 2 fully saturated rings. The summed E-state index contributed by atoms with van der Waals surface area (Å²) < 4.78 is 72.6. The minimum atomic E-state index is -3.81. The van der Waals surface area contributed by atoms with Crippen LogP contribution in [0.5, 0.6) is 0 Å². The first-order chi connectivity index (χ1) is 38.2. The van der Waals surface area contributed by atoms with Crippen molar-refractivity contribution in [3.05, 3.63) is 125 Å². The molecular weight excluding hydrogens is 1150 g/mol. The molecule has 4 heterocycles. The van der Waals surface area contributed by atoms with Crippen LogP contribution in [-0.4, -0.2) is 180 Å².